The van der Waals surface area contributed by atoms with Gasteiger partial charge in [0.25, 0.3) is 0 Å². The minimum Gasteiger partial charge on any atom is -0.393 e. The molecule has 2 saturated carbocycles. The Bertz CT molecular complexity index is 173. The van der Waals surface area contributed by atoms with Crippen LogP contribution in [0.5, 0.6) is 0 Å². The number of hydrogen-bond donors (Lipinski definition) is 2. The predicted octanol–water partition coefficient (Wildman–Crippen LogP) is 1.94. The van der Waals surface area contributed by atoms with E-state index in [-0.39, 0.29) is 12.2 Å². The molecule has 2 rings (SSSR count). The van der Waals surface area contributed by atoms with E-state index < -0.39 is 0 Å². The van der Waals surface area contributed by atoms with Crippen molar-refractivity contribution in [2.75, 3.05) is 0 Å². The second kappa shape index (κ2) is 4.19. The predicted molar refractivity (Wildman–Crippen MR) is 55.9 cm³/mol. The van der Waals surface area contributed by atoms with Crippen LogP contribution in [-0.4, -0.2) is 22.4 Å². The standard InChI is InChI=1S/C12H22O2/c1-8(9-4-2-6-11(9)13)10-5-3-7-12(10)14/h8-14H,2-7H2,1H3. The van der Waals surface area contributed by atoms with Crippen molar-refractivity contribution in [2.24, 2.45) is 17.8 Å². The molecule has 0 saturated heterocycles. The molecule has 2 heteroatoms. The number of hydrogen-bond acceptors (Lipinski definition) is 2. The molecule has 4 atom stereocenters. The molecule has 0 spiro atoms. The van der Waals surface area contributed by atoms with Crippen molar-refractivity contribution in [3.05, 3.63) is 0 Å². The van der Waals surface area contributed by atoms with Crippen molar-refractivity contribution in [2.45, 2.75) is 57.7 Å². The minimum absolute atomic E-state index is 0.0993. The fourth-order valence-electron chi connectivity index (χ4n) is 3.48. The van der Waals surface area contributed by atoms with Crippen LogP contribution in [0.15, 0.2) is 0 Å². The summed E-state index contributed by atoms with van der Waals surface area (Å²) in [7, 11) is 0. The molecule has 82 valence electrons. The second-order valence-corrected chi connectivity index (χ2v) is 5.18. The molecular weight excluding hydrogens is 176 g/mol. The molecule has 0 aromatic heterocycles. The van der Waals surface area contributed by atoms with Gasteiger partial charge in [-0.3, -0.25) is 0 Å². The zero-order valence-electron chi connectivity index (χ0n) is 9.02. The quantitative estimate of drug-likeness (QED) is 0.712. The Kier molecular flexibility index (Phi) is 3.13. The zero-order valence-corrected chi connectivity index (χ0v) is 9.02. The zero-order chi connectivity index (χ0) is 10.1. The van der Waals surface area contributed by atoms with Gasteiger partial charge in [-0.05, 0) is 43.4 Å². The van der Waals surface area contributed by atoms with E-state index in [1.807, 2.05) is 0 Å². The normalized spacial score (nSPS) is 45.6. The Morgan fingerprint density at radius 3 is 1.57 bits per heavy atom. The third-order valence-electron chi connectivity index (χ3n) is 4.41. The van der Waals surface area contributed by atoms with Gasteiger partial charge in [-0.1, -0.05) is 19.8 Å². The van der Waals surface area contributed by atoms with Crippen molar-refractivity contribution >= 4 is 0 Å². The summed E-state index contributed by atoms with van der Waals surface area (Å²) in [5, 5.41) is 19.6. The molecule has 2 fully saturated rings. The molecule has 0 aliphatic heterocycles. The van der Waals surface area contributed by atoms with Gasteiger partial charge in [-0.25, -0.2) is 0 Å². The highest BCUT2D eigenvalue weighted by atomic mass is 16.3. The molecule has 0 amide bonds. The van der Waals surface area contributed by atoms with E-state index in [0.29, 0.717) is 17.8 Å². The van der Waals surface area contributed by atoms with E-state index in [9.17, 15) is 10.2 Å². The van der Waals surface area contributed by atoms with Crippen molar-refractivity contribution in [3.8, 4) is 0 Å². The monoisotopic (exact) mass is 198 g/mol. The van der Waals surface area contributed by atoms with E-state index in [2.05, 4.69) is 6.92 Å². The Morgan fingerprint density at radius 2 is 1.29 bits per heavy atom. The van der Waals surface area contributed by atoms with Crippen LogP contribution in [0.3, 0.4) is 0 Å². The SMILES string of the molecule is CC(C1CCCC1O)C1CCCC1O. The fourth-order valence-corrected chi connectivity index (χ4v) is 3.48. The molecule has 0 heterocycles. The van der Waals surface area contributed by atoms with Crippen molar-refractivity contribution in [3.63, 3.8) is 0 Å². The van der Waals surface area contributed by atoms with Gasteiger partial charge in [-0.2, -0.15) is 0 Å². The van der Waals surface area contributed by atoms with E-state index >= 15 is 0 Å². The Morgan fingerprint density at radius 1 is 0.857 bits per heavy atom. The molecule has 0 aromatic rings. The maximum atomic E-state index is 9.82. The lowest BCUT2D eigenvalue weighted by Crippen LogP contribution is -2.30. The number of aliphatic hydroxyl groups is 2. The molecule has 2 nitrogen and oxygen atoms in total. The van der Waals surface area contributed by atoms with Crippen LogP contribution in [0.1, 0.15) is 45.4 Å². The molecule has 0 bridgehead atoms. The van der Waals surface area contributed by atoms with Gasteiger partial charge in [-0.15, -0.1) is 0 Å². The average molecular weight is 198 g/mol. The van der Waals surface area contributed by atoms with Gasteiger partial charge in [0, 0.05) is 0 Å². The summed E-state index contributed by atoms with van der Waals surface area (Å²) in [5.41, 5.74) is 0. The van der Waals surface area contributed by atoms with E-state index in [1.165, 1.54) is 12.8 Å². The van der Waals surface area contributed by atoms with Crippen molar-refractivity contribution in [1.82, 2.24) is 0 Å². The van der Waals surface area contributed by atoms with Crippen LogP contribution in [0, 0.1) is 17.8 Å². The number of rotatable bonds is 2. The Balaban J connectivity index is 1.96. The van der Waals surface area contributed by atoms with Crippen LogP contribution in [-0.2, 0) is 0 Å². The Hall–Kier alpha value is -0.0800. The van der Waals surface area contributed by atoms with Crippen LogP contribution >= 0.6 is 0 Å². The maximum absolute atomic E-state index is 9.82. The molecular formula is C12H22O2. The largest absolute Gasteiger partial charge is 0.393 e. The lowest BCUT2D eigenvalue weighted by atomic mass is 9.79. The topological polar surface area (TPSA) is 40.5 Å². The summed E-state index contributed by atoms with van der Waals surface area (Å²) < 4.78 is 0. The lowest BCUT2D eigenvalue weighted by Gasteiger charge is -2.29. The minimum atomic E-state index is -0.0993. The van der Waals surface area contributed by atoms with E-state index in [4.69, 9.17) is 0 Å². The maximum Gasteiger partial charge on any atom is 0.0571 e. The summed E-state index contributed by atoms with van der Waals surface area (Å²) in [6.45, 7) is 2.22. The van der Waals surface area contributed by atoms with Crippen LogP contribution < -0.4 is 0 Å². The lowest BCUT2D eigenvalue weighted by molar-refractivity contribution is 0.0390. The number of aliphatic hydroxyl groups excluding tert-OH is 2. The smallest absolute Gasteiger partial charge is 0.0571 e. The highest BCUT2D eigenvalue weighted by Crippen LogP contribution is 2.41. The Labute approximate surface area is 86.3 Å². The molecule has 2 N–H and O–H groups in total. The third kappa shape index (κ3) is 1.82. The van der Waals surface area contributed by atoms with Gasteiger partial charge >= 0.3 is 0 Å². The van der Waals surface area contributed by atoms with Crippen LogP contribution in [0.2, 0.25) is 0 Å². The third-order valence-corrected chi connectivity index (χ3v) is 4.41. The summed E-state index contributed by atoms with van der Waals surface area (Å²) in [6.07, 6.45) is 6.39. The molecule has 0 radical (unpaired) electrons. The molecule has 0 aromatic carbocycles. The van der Waals surface area contributed by atoms with Gasteiger partial charge in [0.1, 0.15) is 0 Å². The summed E-state index contributed by atoms with van der Waals surface area (Å²) in [4.78, 5) is 0. The summed E-state index contributed by atoms with van der Waals surface area (Å²) in [5.74, 6) is 1.41. The van der Waals surface area contributed by atoms with E-state index in [1.54, 1.807) is 0 Å². The first-order valence-corrected chi connectivity index (χ1v) is 6.06. The van der Waals surface area contributed by atoms with Crippen LogP contribution in [0.4, 0.5) is 0 Å². The van der Waals surface area contributed by atoms with Gasteiger partial charge < -0.3 is 10.2 Å². The first-order chi connectivity index (χ1) is 6.70. The van der Waals surface area contributed by atoms with Gasteiger partial charge in [0.15, 0.2) is 0 Å². The first kappa shape index (κ1) is 10.4. The molecule has 4 unspecified atom stereocenters. The fraction of sp³-hybridized carbons (Fsp3) is 1.00. The highest BCUT2D eigenvalue weighted by Gasteiger charge is 2.38. The van der Waals surface area contributed by atoms with Gasteiger partial charge in [0.05, 0.1) is 12.2 Å². The summed E-state index contributed by atoms with van der Waals surface area (Å²) >= 11 is 0. The van der Waals surface area contributed by atoms with E-state index in [0.717, 1.165) is 25.7 Å². The second-order valence-electron chi connectivity index (χ2n) is 5.18. The summed E-state index contributed by atoms with van der Waals surface area (Å²) in [6, 6.07) is 0. The van der Waals surface area contributed by atoms with Crippen molar-refractivity contribution in [1.29, 1.82) is 0 Å². The molecule has 14 heavy (non-hydrogen) atoms. The first-order valence-electron chi connectivity index (χ1n) is 6.06. The molecule has 2 aliphatic carbocycles. The van der Waals surface area contributed by atoms with Crippen LogP contribution in [0.25, 0.3) is 0 Å². The van der Waals surface area contributed by atoms with Gasteiger partial charge in [0.2, 0.25) is 0 Å². The highest BCUT2D eigenvalue weighted by molar-refractivity contribution is 4.88. The molecule has 2 aliphatic rings. The average Bonchev–Trinajstić information content (AvgIpc) is 2.73. The van der Waals surface area contributed by atoms with Crippen molar-refractivity contribution < 1.29 is 10.2 Å².